The molecule has 3 aromatic rings. The number of carboxylic acids is 1. The van der Waals surface area contributed by atoms with Gasteiger partial charge in [0.15, 0.2) is 0 Å². The van der Waals surface area contributed by atoms with Crippen LogP contribution in [0, 0.1) is 5.92 Å². The molecule has 0 aliphatic carbocycles. The molecule has 0 unspecified atom stereocenters. The van der Waals surface area contributed by atoms with E-state index in [4.69, 9.17) is 14.3 Å². The van der Waals surface area contributed by atoms with Gasteiger partial charge in [0.25, 0.3) is 10.0 Å². The number of rotatable bonds is 9. The smallest absolute Gasteiger partial charge is 0.416 e. The Morgan fingerprint density at radius 2 is 1.79 bits per heavy atom. The molecular weight excluding hydrogens is 475 g/mol. The molecular formula is C23H22F3NO6S. The Morgan fingerprint density at radius 1 is 1.12 bits per heavy atom. The second-order valence-electron chi connectivity index (χ2n) is 7.83. The SMILES string of the molecule is CC(C)CN(c1cc(C(F)(F)F)ccc1OCc1ccc(C(=O)O)cc1)S(=O)(=O)c1ccco1. The van der Waals surface area contributed by atoms with Crippen LogP contribution in [0.2, 0.25) is 0 Å². The van der Waals surface area contributed by atoms with E-state index in [1.54, 1.807) is 13.8 Å². The van der Waals surface area contributed by atoms with Crippen LogP contribution < -0.4 is 9.04 Å². The van der Waals surface area contributed by atoms with Crippen molar-refractivity contribution in [3.05, 3.63) is 77.6 Å². The van der Waals surface area contributed by atoms with Gasteiger partial charge in [0, 0.05) is 6.54 Å². The number of benzene rings is 2. The summed E-state index contributed by atoms with van der Waals surface area (Å²) in [6.45, 7) is 3.19. The standard InChI is InChI=1S/C23H22F3NO6S/c1-15(2)13-27(34(30,31)21-4-3-11-32-21)19-12-18(23(24,25)26)9-10-20(19)33-14-16-5-7-17(8-6-16)22(28)29/h3-12,15H,13-14H2,1-2H3,(H,28,29). The van der Waals surface area contributed by atoms with Crippen LogP contribution in [0.5, 0.6) is 5.75 Å². The fourth-order valence-corrected chi connectivity index (χ4v) is 4.63. The number of ether oxygens (including phenoxy) is 1. The quantitative estimate of drug-likeness (QED) is 0.424. The third-order valence-corrected chi connectivity index (χ3v) is 6.39. The highest BCUT2D eigenvalue weighted by molar-refractivity contribution is 7.92. The fourth-order valence-electron chi connectivity index (χ4n) is 3.09. The van der Waals surface area contributed by atoms with Gasteiger partial charge in [-0.25, -0.2) is 4.79 Å². The van der Waals surface area contributed by atoms with Gasteiger partial charge in [0.2, 0.25) is 5.09 Å². The van der Waals surface area contributed by atoms with E-state index in [1.807, 2.05) is 0 Å². The van der Waals surface area contributed by atoms with Gasteiger partial charge < -0.3 is 14.3 Å². The lowest BCUT2D eigenvalue weighted by molar-refractivity contribution is -0.137. The zero-order chi connectivity index (χ0) is 25.1. The Labute approximate surface area is 194 Å². The van der Waals surface area contributed by atoms with Crippen molar-refractivity contribution >= 4 is 21.7 Å². The van der Waals surface area contributed by atoms with Crippen LogP contribution in [0.4, 0.5) is 18.9 Å². The Bertz CT molecular complexity index is 1240. The van der Waals surface area contributed by atoms with Gasteiger partial charge in [0.1, 0.15) is 12.4 Å². The summed E-state index contributed by atoms with van der Waals surface area (Å²) in [5, 5.41) is 8.59. The lowest BCUT2D eigenvalue weighted by Gasteiger charge is -2.27. The van der Waals surface area contributed by atoms with Crippen LogP contribution in [0.3, 0.4) is 0 Å². The number of carboxylic acid groups (broad SMARTS) is 1. The van der Waals surface area contributed by atoms with Crippen molar-refractivity contribution < 1.29 is 40.6 Å². The molecule has 0 amide bonds. The molecule has 3 rings (SSSR count). The molecule has 0 bridgehead atoms. The molecule has 0 atom stereocenters. The van der Waals surface area contributed by atoms with E-state index >= 15 is 0 Å². The molecule has 1 N–H and O–H groups in total. The van der Waals surface area contributed by atoms with Crippen LogP contribution >= 0.6 is 0 Å². The van der Waals surface area contributed by atoms with Crippen molar-refractivity contribution in [2.75, 3.05) is 10.8 Å². The van der Waals surface area contributed by atoms with Crippen molar-refractivity contribution in [3.8, 4) is 5.75 Å². The average Bonchev–Trinajstić information content (AvgIpc) is 3.31. The highest BCUT2D eigenvalue weighted by Crippen LogP contribution is 2.39. The van der Waals surface area contributed by atoms with Gasteiger partial charge in [-0.2, -0.15) is 21.6 Å². The number of aromatic carboxylic acids is 1. The summed E-state index contributed by atoms with van der Waals surface area (Å²) in [7, 11) is -4.33. The van der Waals surface area contributed by atoms with Crippen LogP contribution in [-0.4, -0.2) is 26.0 Å². The summed E-state index contributed by atoms with van der Waals surface area (Å²) < 4.78 is 78.5. The third kappa shape index (κ3) is 5.71. The van der Waals surface area contributed by atoms with Crippen molar-refractivity contribution in [3.63, 3.8) is 0 Å². The van der Waals surface area contributed by atoms with Crippen LogP contribution in [0.1, 0.15) is 35.3 Å². The summed E-state index contributed by atoms with van der Waals surface area (Å²) in [5.74, 6) is -1.44. The molecule has 1 heterocycles. The molecule has 0 aliphatic rings. The van der Waals surface area contributed by atoms with Crippen molar-refractivity contribution in [2.45, 2.75) is 31.7 Å². The normalized spacial score (nSPS) is 12.1. The first-order chi connectivity index (χ1) is 15.9. The summed E-state index contributed by atoms with van der Waals surface area (Å²) >= 11 is 0. The number of hydrogen-bond acceptors (Lipinski definition) is 5. The monoisotopic (exact) mass is 497 g/mol. The molecule has 0 radical (unpaired) electrons. The number of hydrogen-bond donors (Lipinski definition) is 1. The average molecular weight is 497 g/mol. The number of furan rings is 1. The van der Waals surface area contributed by atoms with Gasteiger partial charge in [-0.3, -0.25) is 4.31 Å². The first-order valence-electron chi connectivity index (χ1n) is 10.1. The van der Waals surface area contributed by atoms with Gasteiger partial charge in [-0.15, -0.1) is 0 Å². The number of alkyl halides is 3. The predicted molar refractivity (Wildman–Crippen MR) is 117 cm³/mol. The van der Waals surface area contributed by atoms with E-state index in [2.05, 4.69) is 0 Å². The Morgan fingerprint density at radius 3 is 2.32 bits per heavy atom. The minimum absolute atomic E-state index is 0.0617. The van der Waals surface area contributed by atoms with Crippen LogP contribution in [0.15, 0.2) is 70.4 Å². The largest absolute Gasteiger partial charge is 0.487 e. The summed E-state index contributed by atoms with van der Waals surface area (Å²) in [5.41, 5.74) is -0.724. The van der Waals surface area contributed by atoms with Gasteiger partial charge >= 0.3 is 12.1 Å². The molecule has 0 fully saturated rings. The second-order valence-corrected chi connectivity index (χ2v) is 9.63. The maximum absolute atomic E-state index is 13.5. The second kappa shape index (κ2) is 9.80. The van der Waals surface area contributed by atoms with E-state index in [-0.39, 0.29) is 36.1 Å². The van der Waals surface area contributed by atoms with Crippen molar-refractivity contribution in [1.82, 2.24) is 0 Å². The molecule has 182 valence electrons. The Kier molecular flexibility index (Phi) is 7.25. The molecule has 2 aromatic carbocycles. The zero-order valence-corrected chi connectivity index (χ0v) is 19.1. The number of sulfonamides is 1. The molecule has 0 aliphatic heterocycles. The molecule has 1 aromatic heterocycles. The van der Waals surface area contributed by atoms with E-state index in [0.29, 0.717) is 5.56 Å². The maximum Gasteiger partial charge on any atom is 0.416 e. The van der Waals surface area contributed by atoms with E-state index in [0.717, 1.165) is 28.8 Å². The minimum atomic E-state index is -4.71. The van der Waals surface area contributed by atoms with E-state index in [1.165, 1.54) is 36.4 Å². The Balaban J connectivity index is 2.05. The number of carbonyl (C=O) groups is 1. The highest BCUT2D eigenvalue weighted by atomic mass is 32.2. The van der Waals surface area contributed by atoms with Crippen LogP contribution in [-0.2, 0) is 22.8 Å². The summed E-state index contributed by atoms with van der Waals surface area (Å²) in [6, 6.07) is 10.9. The van der Waals surface area contributed by atoms with Gasteiger partial charge in [-0.05, 0) is 53.9 Å². The van der Waals surface area contributed by atoms with E-state index < -0.39 is 32.8 Å². The Hall–Kier alpha value is -3.47. The van der Waals surface area contributed by atoms with Crippen LogP contribution in [0.25, 0.3) is 0 Å². The number of nitrogens with zero attached hydrogens (tertiary/aromatic N) is 1. The molecule has 0 saturated heterocycles. The number of anilines is 1. The van der Waals surface area contributed by atoms with E-state index in [9.17, 15) is 26.4 Å². The first kappa shape index (κ1) is 25.2. The molecule has 0 saturated carbocycles. The van der Waals surface area contributed by atoms with Gasteiger partial charge in [-0.1, -0.05) is 26.0 Å². The zero-order valence-electron chi connectivity index (χ0n) is 18.2. The summed E-state index contributed by atoms with van der Waals surface area (Å²) in [6.07, 6.45) is -3.55. The lowest BCUT2D eigenvalue weighted by Crippen LogP contribution is -2.34. The molecule has 34 heavy (non-hydrogen) atoms. The fraction of sp³-hybridized carbons (Fsp3) is 0.261. The van der Waals surface area contributed by atoms with Crippen molar-refractivity contribution in [2.24, 2.45) is 5.92 Å². The van der Waals surface area contributed by atoms with Crippen molar-refractivity contribution in [1.29, 1.82) is 0 Å². The lowest BCUT2D eigenvalue weighted by atomic mass is 10.1. The highest BCUT2D eigenvalue weighted by Gasteiger charge is 2.35. The predicted octanol–water partition coefficient (Wildman–Crippen LogP) is 5.43. The topological polar surface area (TPSA) is 97.0 Å². The third-order valence-electron chi connectivity index (χ3n) is 4.72. The van der Waals surface area contributed by atoms with Gasteiger partial charge in [0.05, 0.1) is 23.1 Å². The summed E-state index contributed by atoms with van der Waals surface area (Å²) in [4.78, 5) is 11.0. The first-order valence-corrected chi connectivity index (χ1v) is 11.6. The molecule has 0 spiro atoms. The molecule has 11 heteroatoms. The molecule has 7 nitrogen and oxygen atoms in total. The maximum atomic E-state index is 13.5. The minimum Gasteiger partial charge on any atom is -0.487 e. The number of halogens is 3.